The first-order valence-corrected chi connectivity index (χ1v) is 13.7. The fourth-order valence-corrected chi connectivity index (χ4v) is 5.72. The van der Waals surface area contributed by atoms with Gasteiger partial charge in [-0.1, -0.05) is 40.2 Å². The summed E-state index contributed by atoms with van der Waals surface area (Å²) in [6.07, 6.45) is 0.312. The Hall–Kier alpha value is -4.64. The maximum atomic E-state index is 14.7. The fourth-order valence-electron chi connectivity index (χ4n) is 5.32. The van der Waals surface area contributed by atoms with E-state index in [1.165, 1.54) is 10.6 Å². The molecule has 3 aromatic carbocycles. The number of carbonyl (C=O) groups excluding carboxylic acids is 3. The van der Waals surface area contributed by atoms with Crippen LogP contribution >= 0.6 is 15.9 Å². The fraction of sp³-hybridized carbons (Fsp3) is 0.167. The average Bonchev–Trinajstić information content (AvgIpc) is 3.31. The van der Waals surface area contributed by atoms with Crippen LogP contribution in [-0.2, 0) is 16.1 Å². The van der Waals surface area contributed by atoms with Gasteiger partial charge in [0.1, 0.15) is 28.9 Å². The van der Waals surface area contributed by atoms with Gasteiger partial charge in [0.25, 0.3) is 11.5 Å². The number of piperidine rings is 1. The van der Waals surface area contributed by atoms with E-state index in [-0.39, 0.29) is 42.0 Å². The molecule has 1 atom stereocenters. The van der Waals surface area contributed by atoms with Crippen molar-refractivity contribution >= 4 is 61.1 Å². The normalized spacial score (nSPS) is 15.3. The molecule has 9 nitrogen and oxygen atoms in total. The van der Waals surface area contributed by atoms with Crippen LogP contribution in [0.2, 0.25) is 0 Å². The Labute approximate surface area is 241 Å². The number of benzene rings is 3. The topological polar surface area (TPSA) is 115 Å². The number of halogens is 2. The summed E-state index contributed by atoms with van der Waals surface area (Å²) in [6.45, 7) is 1.72. The van der Waals surface area contributed by atoms with Crippen molar-refractivity contribution in [2.24, 2.45) is 0 Å². The van der Waals surface area contributed by atoms with Crippen LogP contribution in [0.15, 0.2) is 76.0 Å². The Morgan fingerprint density at radius 1 is 1.10 bits per heavy atom. The van der Waals surface area contributed by atoms with Crippen LogP contribution in [0.4, 0.5) is 10.1 Å². The molecule has 3 heterocycles. The predicted octanol–water partition coefficient (Wildman–Crippen LogP) is 4.84. The number of rotatable bonds is 5. The molecule has 0 aliphatic carbocycles. The SMILES string of the molecule is Cc1nc2c(NC(=O)c3cc4ccccc4n3Cc3cc(Br)ccc3F)cccc2c(=O)n1C1CCC(=O)NC1=O. The first-order valence-electron chi connectivity index (χ1n) is 12.9. The van der Waals surface area contributed by atoms with Gasteiger partial charge in [0.2, 0.25) is 11.8 Å². The number of amides is 3. The van der Waals surface area contributed by atoms with E-state index in [0.29, 0.717) is 16.9 Å². The largest absolute Gasteiger partial charge is 0.332 e. The van der Waals surface area contributed by atoms with Crippen molar-refractivity contribution in [1.82, 2.24) is 19.4 Å². The molecule has 1 fully saturated rings. The lowest BCUT2D eigenvalue weighted by atomic mass is 10.1. The second-order valence-electron chi connectivity index (χ2n) is 9.87. The smallest absolute Gasteiger partial charge is 0.272 e. The number of nitrogens with zero attached hydrogens (tertiary/aromatic N) is 3. The van der Waals surface area contributed by atoms with E-state index in [1.807, 2.05) is 24.3 Å². The molecule has 1 saturated heterocycles. The number of carbonyl (C=O) groups is 3. The van der Waals surface area contributed by atoms with Crippen LogP contribution in [0.3, 0.4) is 0 Å². The standard InChI is InChI=1S/C30H23BrFN5O4/c1-16-33-27-20(30(41)37(16)24-11-12-26(38)35-28(24)39)6-4-7-22(27)34-29(40)25-14-17-5-2-3-8-23(17)36(25)15-18-13-19(31)9-10-21(18)32/h2-10,13-14,24H,11-12,15H2,1H3,(H,34,40)(H,35,38,39). The highest BCUT2D eigenvalue weighted by Crippen LogP contribution is 2.27. The van der Waals surface area contributed by atoms with Crippen molar-refractivity contribution in [2.75, 3.05) is 5.32 Å². The van der Waals surface area contributed by atoms with Gasteiger partial charge < -0.3 is 9.88 Å². The van der Waals surface area contributed by atoms with Crippen LogP contribution in [0, 0.1) is 12.7 Å². The summed E-state index contributed by atoms with van der Waals surface area (Å²) in [4.78, 5) is 55.9. The van der Waals surface area contributed by atoms with E-state index in [4.69, 9.17) is 0 Å². The highest BCUT2D eigenvalue weighted by atomic mass is 79.9. The monoisotopic (exact) mass is 615 g/mol. The number of nitrogens with one attached hydrogen (secondary N) is 2. The van der Waals surface area contributed by atoms with E-state index in [1.54, 1.807) is 47.9 Å². The van der Waals surface area contributed by atoms with Gasteiger partial charge in [-0.3, -0.25) is 29.1 Å². The Morgan fingerprint density at radius 2 is 1.90 bits per heavy atom. The summed E-state index contributed by atoms with van der Waals surface area (Å²) < 4.78 is 18.4. The van der Waals surface area contributed by atoms with Crippen LogP contribution in [0.5, 0.6) is 0 Å². The third kappa shape index (κ3) is 4.82. The molecule has 2 N–H and O–H groups in total. The molecule has 0 bridgehead atoms. The summed E-state index contributed by atoms with van der Waals surface area (Å²) in [5, 5.41) is 6.19. The lowest BCUT2D eigenvalue weighted by molar-refractivity contribution is -0.135. The van der Waals surface area contributed by atoms with E-state index in [0.717, 1.165) is 15.4 Å². The average molecular weight is 616 g/mol. The van der Waals surface area contributed by atoms with Gasteiger partial charge in [0.05, 0.1) is 17.6 Å². The molecule has 1 aliphatic rings. The molecule has 0 saturated carbocycles. The molecule has 3 amide bonds. The third-order valence-electron chi connectivity index (χ3n) is 7.26. The molecule has 2 aromatic heterocycles. The number of hydrogen-bond donors (Lipinski definition) is 2. The molecule has 41 heavy (non-hydrogen) atoms. The molecule has 11 heteroatoms. The summed E-state index contributed by atoms with van der Waals surface area (Å²) in [6, 6.07) is 17.8. The van der Waals surface area contributed by atoms with Gasteiger partial charge in [0.15, 0.2) is 0 Å². The molecule has 206 valence electrons. The van der Waals surface area contributed by atoms with Crippen molar-refractivity contribution < 1.29 is 18.8 Å². The molecule has 0 spiro atoms. The number of hydrogen-bond acceptors (Lipinski definition) is 5. The van der Waals surface area contributed by atoms with Gasteiger partial charge in [-0.25, -0.2) is 9.37 Å². The first kappa shape index (κ1) is 26.6. The summed E-state index contributed by atoms with van der Waals surface area (Å²) in [5.41, 5.74) is 1.61. The Bertz CT molecular complexity index is 1960. The van der Waals surface area contributed by atoms with Crippen LogP contribution in [-0.4, -0.2) is 31.8 Å². The zero-order valence-electron chi connectivity index (χ0n) is 21.8. The zero-order chi connectivity index (χ0) is 28.8. The minimum Gasteiger partial charge on any atom is -0.332 e. The maximum Gasteiger partial charge on any atom is 0.272 e. The highest BCUT2D eigenvalue weighted by Gasteiger charge is 2.31. The van der Waals surface area contributed by atoms with E-state index < -0.39 is 29.2 Å². The van der Waals surface area contributed by atoms with Crippen molar-refractivity contribution in [3.8, 4) is 0 Å². The van der Waals surface area contributed by atoms with Crippen molar-refractivity contribution in [3.05, 3.63) is 104 Å². The Balaban J connectivity index is 1.40. The minimum absolute atomic E-state index is 0.116. The van der Waals surface area contributed by atoms with Gasteiger partial charge in [-0.05, 0) is 55.8 Å². The van der Waals surface area contributed by atoms with Crippen molar-refractivity contribution in [2.45, 2.75) is 32.4 Å². The van der Waals surface area contributed by atoms with E-state index in [9.17, 15) is 23.6 Å². The summed E-state index contributed by atoms with van der Waals surface area (Å²) in [5.74, 6) is -1.50. The second-order valence-corrected chi connectivity index (χ2v) is 10.8. The predicted molar refractivity (Wildman–Crippen MR) is 155 cm³/mol. The second kappa shape index (κ2) is 10.4. The maximum absolute atomic E-state index is 14.7. The van der Waals surface area contributed by atoms with Gasteiger partial charge in [-0.2, -0.15) is 0 Å². The Morgan fingerprint density at radius 3 is 2.71 bits per heavy atom. The Kier molecular flexibility index (Phi) is 6.74. The lowest BCUT2D eigenvalue weighted by Gasteiger charge is -2.24. The van der Waals surface area contributed by atoms with E-state index >= 15 is 0 Å². The van der Waals surface area contributed by atoms with Crippen molar-refractivity contribution in [1.29, 1.82) is 0 Å². The van der Waals surface area contributed by atoms with Crippen molar-refractivity contribution in [3.63, 3.8) is 0 Å². The summed E-state index contributed by atoms with van der Waals surface area (Å²) in [7, 11) is 0. The number of aryl methyl sites for hydroxylation is 1. The zero-order valence-corrected chi connectivity index (χ0v) is 23.4. The summed E-state index contributed by atoms with van der Waals surface area (Å²) >= 11 is 3.39. The van der Waals surface area contributed by atoms with Gasteiger partial charge >= 0.3 is 0 Å². The molecule has 1 aliphatic heterocycles. The van der Waals surface area contributed by atoms with Crippen LogP contribution < -0.4 is 16.2 Å². The third-order valence-corrected chi connectivity index (χ3v) is 7.75. The van der Waals surface area contributed by atoms with Gasteiger partial charge in [-0.15, -0.1) is 0 Å². The number of aromatic nitrogens is 3. The number of anilines is 1. The number of imide groups is 1. The van der Waals surface area contributed by atoms with Crippen LogP contribution in [0.1, 0.15) is 40.8 Å². The molecule has 5 aromatic rings. The molecule has 6 rings (SSSR count). The number of para-hydroxylation sites is 2. The molecule has 0 radical (unpaired) electrons. The van der Waals surface area contributed by atoms with E-state index in [2.05, 4.69) is 31.5 Å². The van der Waals surface area contributed by atoms with Gasteiger partial charge in [0, 0.05) is 27.4 Å². The lowest BCUT2D eigenvalue weighted by Crippen LogP contribution is -2.45. The minimum atomic E-state index is -0.857. The van der Waals surface area contributed by atoms with Crippen LogP contribution in [0.25, 0.3) is 21.8 Å². The first-order chi connectivity index (χ1) is 19.7. The highest BCUT2D eigenvalue weighted by molar-refractivity contribution is 9.10. The molecule has 1 unspecified atom stereocenters. The quantitative estimate of drug-likeness (QED) is 0.275. The molecular formula is C30H23BrFN5O4. The number of fused-ring (bicyclic) bond motifs is 2. The molecular weight excluding hydrogens is 593 g/mol.